The fourth-order valence-corrected chi connectivity index (χ4v) is 3.23. The van der Waals surface area contributed by atoms with Gasteiger partial charge in [0.25, 0.3) is 5.91 Å². The molecule has 6 heteroatoms. The van der Waals surface area contributed by atoms with Gasteiger partial charge in [-0.15, -0.1) is 0 Å². The highest BCUT2D eigenvalue weighted by Crippen LogP contribution is 2.33. The summed E-state index contributed by atoms with van der Waals surface area (Å²) >= 11 is 6.35. The van der Waals surface area contributed by atoms with Gasteiger partial charge in [-0.3, -0.25) is 4.79 Å². The molecule has 0 fully saturated rings. The van der Waals surface area contributed by atoms with Crippen LogP contribution >= 0.6 is 11.6 Å². The summed E-state index contributed by atoms with van der Waals surface area (Å²) in [7, 11) is 0. The Kier molecular flexibility index (Phi) is 5.07. The maximum Gasteiger partial charge on any atom is 0.258 e. The quantitative estimate of drug-likeness (QED) is 0.410. The lowest BCUT2D eigenvalue weighted by molar-refractivity contribution is 0.102. The Morgan fingerprint density at radius 1 is 1.10 bits per heavy atom. The Bertz CT molecular complexity index is 1220. The van der Waals surface area contributed by atoms with Gasteiger partial charge in [0.15, 0.2) is 5.58 Å². The molecule has 0 aliphatic carbocycles. The minimum absolute atomic E-state index is 0.0351. The van der Waals surface area contributed by atoms with E-state index in [4.69, 9.17) is 16.0 Å². The number of halogens is 2. The van der Waals surface area contributed by atoms with Crippen LogP contribution in [-0.4, -0.2) is 10.9 Å². The fraction of sp³-hybridized carbons (Fsp3) is 0.130. The fourth-order valence-electron chi connectivity index (χ4n) is 3.03. The lowest BCUT2D eigenvalue weighted by atomic mass is 10.0. The van der Waals surface area contributed by atoms with Crippen LogP contribution in [0.2, 0.25) is 5.02 Å². The number of hydrogen-bond donors (Lipinski definition) is 1. The van der Waals surface area contributed by atoms with Gasteiger partial charge in [-0.05, 0) is 53.9 Å². The summed E-state index contributed by atoms with van der Waals surface area (Å²) in [6, 6.07) is 16.6. The molecule has 0 saturated carbocycles. The number of aromatic nitrogens is 1. The Labute approximate surface area is 172 Å². The van der Waals surface area contributed by atoms with Gasteiger partial charge >= 0.3 is 0 Å². The summed E-state index contributed by atoms with van der Waals surface area (Å²) in [5, 5.41) is 3.12. The normalized spacial score (nSPS) is 11.2. The second kappa shape index (κ2) is 7.68. The van der Waals surface area contributed by atoms with Gasteiger partial charge in [0.2, 0.25) is 5.89 Å². The van der Waals surface area contributed by atoms with Crippen molar-refractivity contribution < 1.29 is 13.6 Å². The van der Waals surface area contributed by atoms with Crippen LogP contribution in [0.25, 0.3) is 22.6 Å². The monoisotopic (exact) mass is 408 g/mol. The molecule has 1 N–H and O–H groups in total. The molecule has 0 atom stereocenters. The first-order chi connectivity index (χ1) is 13.9. The number of nitrogens with zero attached hydrogens (tertiary/aromatic N) is 1. The molecule has 4 rings (SSSR count). The van der Waals surface area contributed by atoms with E-state index in [9.17, 15) is 9.18 Å². The number of nitrogens with one attached hydrogen (secondary N) is 1. The maximum absolute atomic E-state index is 13.9. The highest BCUT2D eigenvalue weighted by molar-refractivity contribution is 6.33. The number of hydrogen-bond acceptors (Lipinski definition) is 3. The van der Waals surface area contributed by atoms with Crippen molar-refractivity contribution in [3.63, 3.8) is 0 Å². The van der Waals surface area contributed by atoms with Crippen LogP contribution in [0.5, 0.6) is 0 Å². The molecule has 1 heterocycles. The van der Waals surface area contributed by atoms with Gasteiger partial charge in [-0.2, -0.15) is 0 Å². The van der Waals surface area contributed by atoms with Gasteiger partial charge < -0.3 is 9.73 Å². The zero-order valence-corrected chi connectivity index (χ0v) is 16.6. The minimum Gasteiger partial charge on any atom is -0.436 e. The molecular weight excluding hydrogens is 391 g/mol. The van der Waals surface area contributed by atoms with Gasteiger partial charge in [-0.1, -0.05) is 43.6 Å². The Morgan fingerprint density at radius 2 is 1.90 bits per heavy atom. The summed E-state index contributed by atoms with van der Waals surface area (Å²) in [5.74, 6) is -0.400. The van der Waals surface area contributed by atoms with E-state index in [2.05, 4.69) is 24.1 Å². The van der Waals surface area contributed by atoms with Gasteiger partial charge in [-0.25, -0.2) is 9.37 Å². The van der Waals surface area contributed by atoms with Crippen molar-refractivity contribution in [1.82, 2.24) is 4.98 Å². The number of benzene rings is 3. The number of amides is 1. The van der Waals surface area contributed by atoms with Crippen LogP contribution in [0.15, 0.2) is 65.1 Å². The molecular formula is C23H18ClFN2O2. The standard InChI is InChI=1S/C23H18ClFN2O2/c1-13(2)14-7-10-21-20(11-14)27-23(29-21)17-12-15(8-9-18(17)24)26-22(28)16-5-3-4-6-19(16)25/h3-13H,1-2H3,(H,26,28). The molecule has 4 aromatic rings. The number of oxazole rings is 1. The topological polar surface area (TPSA) is 55.1 Å². The molecule has 0 spiro atoms. The number of anilines is 1. The first-order valence-corrected chi connectivity index (χ1v) is 9.56. The van der Waals surface area contributed by atoms with Gasteiger partial charge in [0, 0.05) is 5.69 Å². The molecule has 1 amide bonds. The molecule has 0 radical (unpaired) electrons. The van der Waals surface area contributed by atoms with E-state index < -0.39 is 11.7 Å². The zero-order chi connectivity index (χ0) is 20.5. The van der Waals surface area contributed by atoms with Crippen LogP contribution in [-0.2, 0) is 0 Å². The highest BCUT2D eigenvalue weighted by Gasteiger charge is 2.16. The smallest absolute Gasteiger partial charge is 0.258 e. The van der Waals surface area contributed by atoms with Crippen molar-refractivity contribution in [3.8, 4) is 11.5 Å². The number of carbonyl (C=O) groups excluding carboxylic acids is 1. The van der Waals surface area contributed by atoms with Crippen LogP contribution in [0.1, 0.15) is 35.7 Å². The second-order valence-corrected chi connectivity index (χ2v) is 7.44. The van der Waals surface area contributed by atoms with Crippen molar-refractivity contribution in [2.24, 2.45) is 0 Å². The number of rotatable bonds is 4. The van der Waals surface area contributed by atoms with Crippen molar-refractivity contribution >= 4 is 34.3 Å². The minimum atomic E-state index is -0.584. The zero-order valence-electron chi connectivity index (χ0n) is 15.9. The van der Waals surface area contributed by atoms with E-state index in [0.717, 1.165) is 11.1 Å². The van der Waals surface area contributed by atoms with E-state index in [-0.39, 0.29) is 5.56 Å². The molecule has 146 valence electrons. The van der Waals surface area contributed by atoms with Crippen molar-refractivity contribution in [1.29, 1.82) is 0 Å². The van der Waals surface area contributed by atoms with E-state index >= 15 is 0 Å². The third-order valence-corrected chi connectivity index (χ3v) is 4.98. The Hall–Kier alpha value is -3.18. The van der Waals surface area contributed by atoms with Gasteiger partial charge in [0.1, 0.15) is 11.3 Å². The van der Waals surface area contributed by atoms with E-state index in [1.807, 2.05) is 18.2 Å². The lowest BCUT2D eigenvalue weighted by Gasteiger charge is -2.08. The SMILES string of the molecule is CC(C)c1ccc2oc(-c3cc(NC(=O)c4ccccc4F)ccc3Cl)nc2c1. The molecule has 0 unspecified atom stereocenters. The van der Waals surface area contributed by atoms with Crippen LogP contribution in [0, 0.1) is 5.82 Å². The van der Waals surface area contributed by atoms with E-state index in [0.29, 0.717) is 33.7 Å². The van der Waals surface area contributed by atoms with Crippen LogP contribution in [0.4, 0.5) is 10.1 Å². The molecule has 0 aliphatic rings. The molecule has 3 aromatic carbocycles. The van der Waals surface area contributed by atoms with Gasteiger partial charge in [0.05, 0.1) is 16.1 Å². The maximum atomic E-state index is 13.9. The Morgan fingerprint density at radius 3 is 2.66 bits per heavy atom. The Balaban J connectivity index is 1.67. The van der Waals surface area contributed by atoms with Crippen LogP contribution < -0.4 is 5.32 Å². The molecule has 1 aromatic heterocycles. The third kappa shape index (κ3) is 3.87. The second-order valence-electron chi connectivity index (χ2n) is 7.03. The average Bonchev–Trinajstić information content (AvgIpc) is 3.12. The van der Waals surface area contributed by atoms with E-state index in [1.165, 1.54) is 18.2 Å². The highest BCUT2D eigenvalue weighted by atomic mass is 35.5. The molecule has 0 aliphatic heterocycles. The van der Waals surface area contributed by atoms with E-state index in [1.54, 1.807) is 24.3 Å². The molecule has 0 saturated heterocycles. The summed E-state index contributed by atoms with van der Waals surface area (Å²) in [4.78, 5) is 16.9. The summed E-state index contributed by atoms with van der Waals surface area (Å²) in [6.45, 7) is 4.22. The van der Waals surface area contributed by atoms with Crippen molar-refractivity contribution in [3.05, 3.63) is 82.6 Å². The summed E-state index contributed by atoms with van der Waals surface area (Å²) < 4.78 is 19.7. The third-order valence-electron chi connectivity index (χ3n) is 4.65. The lowest BCUT2D eigenvalue weighted by Crippen LogP contribution is -2.13. The number of fused-ring (bicyclic) bond motifs is 1. The molecule has 29 heavy (non-hydrogen) atoms. The molecule has 4 nitrogen and oxygen atoms in total. The summed E-state index contributed by atoms with van der Waals surface area (Å²) in [5.41, 5.74) is 3.52. The average molecular weight is 409 g/mol. The molecule has 0 bridgehead atoms. The predicted molar refractivity (Wildman–Crippen MR) is 113 cm³/mol. The number of carbonyl (C=O) groups is 1. The summed E-state index contributed by atoms with van der Waals surface area (Å²) in [6.07, 6.45) is 0. The van der Waals surface area contributed by atoms with Crippen LogP contribution in [0.3, 0.4) is 0 Å². The van der Waals surface area contributed by atoms with Crippen molar-refractivity contribution in [2.75, 3.05) is 5.32 Å². The predicted octanol–water partition coefficient (Wildman–Crippen LogP) is 6.66. The van der Waals surface area contributed by atoms with Crippen molar-refractivity contribution in [2.45, 2.75) is 19.8 Å². The first-order valence-electron chi connectivity index (χ1n) is 9.18. The first kappa shape index (κ1) is 19.2. The largest absolute Gasteiger partial charge is 0.436 e.